The minimum Gasteiger partial charge on any atom is -0.376 e. The van der Waals surface area contributed by atoms with E-state index < -0.39 is 0 Å². The van der Waals surface area contributed by atoms with E-state index in [1.807, 2.05) is 18.2 Å². The van der Waals surface area contributed by atoms with Gasteiger partial charge >= 0.3 is 0 Å². The summed E-state index contributed by atoms with van der Waals surface area (Å²) in [6, 6.07) is 10.3. The Kier molecular flexibility index (Phi) is 4.98. The van der Waals surface area contributed by atoms with Crippen LogP contribution in [0.15, 0.2) is 30.3 Å². The Morgan fingerprint density at radius 3 is 2.65 bits per heavy atom. The molecule has 1 unspecified atom stereocenters. The van der Waals surface area contributed by atoms with Gasteiger partial charge in [-0.1, -0.05) is 37.3 Å². The lowest BCUT2D eigenvalue weighted by Crippen LogP contribution is -2.49. The van der Waals surface area contributed by atoms with Crippen LogP contribution in [0.2, 0.25) is 0 Å². The first-order chi connectivity index (χ1) is 8.34. The Hall–Kier alpha value is -0.900. The van der Waals surface area contributed by atoms with Gasteiger partial charge in [0.1, 0.15) is 0 Å². The minimum atomic E-state index is 0.423. The molecule has 1 aromatic carbocycles. The predicted molar refractivity (Wildman–Crippen MR) is 67.9 cm³/mol. The van der Waals surface area contributed by atoms with Crippen molar-refractivity contribution in [1.29, 1.82) is 0 Å². The Labute approximate surface area is 103 Å². The van der Waals surface area contributed by atoms with Crippen LogP contribution >= 0.6 is 0 Å². The average Bonchev–Trinajstić information content (AvgIpc) is 2.28. The van der Waals surface area contributed by atoms with Crippen molar-refractivity contribution in [3.05, 3.63) is 35.9 Å². The molecule has 0 saturated carbocycles. The number of ether oxygens (including phenoxy) is 2. The quantitative estimate of drug-likeness (QED) is 0.782. The van der Waals surface area contributed by atoms with Crippen LogP contribution in [-0.4, -0.2) is 32.4 Å². The molecular formula is C14H21NO2. The van der Waals surface area contributed by atoms with Crippen molar-refractivity contribution in [2.24, 2.45) is 5.92 Å². The van der Waals surface area contributed by atoms with Crippen molar-refractivity contribution in [2.75, 3.05) is 26.3 Å². The molecule has 3 nitrogen and oxygen atoms in total. The van der Waals surface area contributed by atoms with Gasteiger partial charge in [-0.25, -0.2) is 0 Å². The van der Waals surface area contributed by atoms with Gasteiger partial charge in [-0.05, 0) is 5.56 Å². The summed E-state index contributed by atoms with van der Waals surface area (Å²) in [6.45, 7) is 6.40. The summed E-state index contributed by atoms with van der Waals surface area (Å²) in [5, 5.41) is 3.19. The first kappa shape index (κ1) is 12.6. The topological polar surface area (TPSA) is 30.5 Å². The maximum absolute atomic E-state index is 5.70. The molecule has 1 atom stereocenters. The van der Waals surface area contributed by atoms with Gasteiger partial charge in [0, 0.05) is 19.0 Å². The highest BCUT2D eigenvalue weighted by Gasteiger charge is 2.17. The molecule has 0 radical (unpaired) electrons. The third-order valence-corrected chi connectivity index (χ3v) is 2.87. The van der Waals surface area contributed by atoms with E-state index in [1.165, 1.54) is 5.56 Å². The third-order valence-electron chi connectivity index (χ3n) is 2.87. The monoisotopic (exact) mass is 235 g/mol. The lowest BCUT2D eigenvalue weighted by atomic mass is 10.2. The molecule has 0 aliphatic carbocycles. The van der Waals surface area contributed by atoms with E-state index >= 15 is 0 Å². The maximum atomic E-state index is 5.70. The molecule has 94 valence electrons. The fourth-order valence-corrected chi connectivity index (χ4v) is 1.68. The van der Waals surface area contributed by atoms with Crippen LogP contribution in [0, 0.1) is 5.92 Å². The number of hydrogen-bond donors (Lipinski definition) is 1. The van der Waals surface area contributed by atoms with E-state index in [9.17, 15) is 0 Å². The minimum absolute atomic E-state index is 0.423. The molecule has 0 bridgehead atoms. The smallest absolute Gasteiger partial charge is 0.0823 e. The van der Waals surface area contributed by atoms with Gasteiger partial charge in [0.25, 0.3) is 0 Å². The lowest BCUT2D eigenvalue weighted by Gasteiger charge is -2.28. The summed E-state index contributed by atoms with van der Waals surface area (Å²) < 4.78 is 11.4. The second-order valence-corrected chi connectivity index (χ2v) is 4.72. The molecule has 1 fully saturated rings. The summed E-state index contributed by atoms with van der Waals surface area (Å²) >= 11 is 0. The van der Waals surface area contributed by atoms with Crippen LogP contribution in [0.3, 0.4) is 0 Å². The van der Waals surface area contributed by atoms with Crippen molar-refractivity contribution >= 4 is 0 Å². The van der Waals surface area contributed by atoms with Crippen molar-refractivity contribution in [1.82, 2.24) is 5.32 Å². The zero-order valence-corrected chi connectivity index (χ0v) is 10.4. The first-order valence-electron chi connectivity index (χ1n) is 6.28. The van der Waals surface area contributed by atoms with Gasteiger partial charge in [-0.3, -0.25) is 0 Å². The average molecular weight is 235 g/mol. The summed E-state index contributed by atoms with van der Waals surface area (Å²) in [5.41, 5.74) is 1.23. The van der Waals surface area contributed by atoms with Crippen molar-refractivity contribution in [3.63, 3.8) is 0 Å². The van der Waals surface area contributed by atoms with E-state index in [0.717, 1.165) is 26.3 Å². The van der Waals surface area contributed by atoms with Crippen molar-refractivity contribution in [3.8, 4) is 0 Å². The molecule has 0 aromatic heterocycles. The molecule has 0 amide bonds. The number of benzene rings is 1. The number of nitrogens with one attached hydrogen (secondary N) is 1. The lowest BCUT2D eigenvalue weighted by molar-refractivity contribution is -0.0189. The highest BCUT2D eigenvalue weighted by molar-refractivity contribution is 5.13. The first-order valence-corrected chi connectivity index (χ1v) is 6.28. The molecule has 1 N–H and O–H groups in total. The molecule has 17 heavy (non-hydrogen) atoms. The summed E-state index contributed by atoms with van der Waals surface area (Å²) in [6.07, 6.45) is 0.423. The van der Waals surface area contributed by atoms with Crippen molar-refractivity contribution < 1.29 is 9.47 Å². The van der Waals surface area contributed by atoms with Gasteiger partial charge in [0.15, 0.2) is 0 Å². The summed E-state index contributed by atoms with van der Waals surface area (Å²) in [5.74, 6) is 0.458. The van der Waals surface area contributed by atoms with E-state index in [4.69, 9.17) is 9.47 Å². The summed E-state index contributed by atoms with van der Waals surface area (Å²) in [7, 11) is 0. The van der Waals surface area contributed by atoms with Crippen LogP contribution < -0.4 is 5.32 Å². The fourth-order valence-electron chi connectivity index (χ4n) is 1.68. The summed E-state index contributed by atoms with van der Waals surface area (Å²) in [4.78, 5) is 0. The molecule has 2 rings (SSSR count). The Bertz CT molecular complexity index is 311. The van der Waals surface area contributed by atoms with E-state index in [-0.39, 0.29) is 0 Å². The molecule has 1 heterocycles. The van der Waals surface area contributed by atoms with Gasteiger partial charge in [0.05, 0.1) is 25.9 Å². The van der Waals surface area contributed by atoms with Gasteiger partial charge in [0.2, 0.25) is 0 Å². The number of rotatable bonds is 7. The van der Waals surface area contributed by atoms with E-state index in [1.54, 1.807) is 0 Å². The zero-order chi connectivity index (χ0) is 11.9. The van der Waals surface area contributed by atoms with Gasteiger partial charge in [-0.15, -0.1) is 0 Å². The van der Waals surface area contributed by atoms with Crippen LogP contribution in [0.1, 0.15) is 12.5 Å². The highest BCUT2D eigenvalue weighted by Crippen LogP contribution is 2.06. The van der Waals surface area contributed by atoms with Crippen LogP contribution in [-0.2, 0) is 16.1 Å². The molecule has 1 aliphatic heterocycles. The van der Waals surface area contributed by atoms with Crippen LogP contribution in [0.5, 0.6) is 0 Å². The molecule has 0 spiro atoms. The molecule has 3 heteroatoms. The van der Waals surface area contributed by atoms with Crippen molar-refractivity contribution in [2.45, 2.75) is 19.6 Å². The Balaban J connectivity index is 1.54. The van der Waals surface area contributed by atoms with E-state index in [0.29, 0.717) is 18.6 Å². The normalized spacial score (nSPS) is 17.7. The standard InChI is InChI=1S/C14H21NO2/c1-12(10-17-14-7-15-8-14)9-16-11-13-5-3-2-4-6-13/h2-6,12,14-15H,7-11H2,1H3. The molecular weight excluding hydrogens is 214 g/mol. The maximum Gasteiger partial charge on any atom is 0.0823 e. The SMILES string of the molecule is CC(COCc1ccccc1)COC1CNC1. The largest absolute Gasteiger partial charge is 0.376 e. The predicted octanol–water partition coefficient (Wildman–Crippen LogP) is 1.83. The van der Waals surface area contributed by atoms with Gasteiger partial charge in [-0.2, -0.15) is 0 Å². The van der Waals surface area contributed by atoms with E-state index in [2.05, 4.69) is 24.4 Å². The Morgan fingerprint density at radius 2 is 2.00 bits per heavy atom. The van der Waals surface area contributed by atoms with Crippen LogP contribution in [0.25, 0.3) is 0 Å². The molecule has 1 saturated heterocycles. The third kappa shape index (κ3) is 4.46. The zero-order valence-electron chi connectivity index (χ0n) is 10.4. The Morgan fingerprint density at radius 1 is 1.24 bits per heavy atom. The van der Waals surface area contributed by atoms with Crippen LogP contribution in [0.4, 0.5) is 0 Å². The van der Waals surface area contributed by atoms with Gasteiger partial charge < -0.3 is 14.8 Å². The molecule has 1 aromatic rings. The molecule has 1 aliphatic rings. The highest BCUT2D eigenvalue weighted by atomic mass is 16.5. The second kappa shape index (κ2) is 6.74. The fraction of sp³-hybridized carbons (Fsp3) is 0.571. The number of hydrogen-bond acceptors (Lipinski definition) is 3. The second-order valence-electron chi connectivity index (χ2n) is 4.72.